The van der Waals surface area contributed by atoms with Crippen molar-refractivity contribution in [1.82, 2.24) is 5.43 Å². The van der Waals surface area contributed by atoms with E-state index in [0.29, 0.717) is 22.8 Å². The second-order valence-corrected chi connectivity index (χ2v) is 5.11. The van der Waals surface area contributed by atoms with Gasteiger partial charge in [-0.1, -0.05) is 24.3 Å². The number of hydrogen-bond donors (Lipinski definition) is 1. The first-order valence-electron chi connectivity index (χ1n) is 7.26. The maximum absolute atomic E-state index is 13.6. The fourth-order valence-electron chi connectivity index (χ4n) is 2.27. The summed E-state index contributed by atoms with van der Waals surface area (Å²) in [6.45, 7) is 1.69. The van der Waals surface area contributed by atoms with Gasteiger partial charge in [0.1, 0.15) is 11.5 Å². The van der Waals surface area contributed by atoms with Gasteiger partial charge in [-0.25, -0.2) is 9.82 Å². The SMILES string of the molecule is COc1cccc2cc(/C(C)=N\NC(=O)c3ccccc3F)oc12. The van der Waals surface area contributed by atoms with Crippen LogP contribution in [0.15, 0.2) is 58.0 Å². The monoisotopic (exact) mass is 326 g/mol. The Morgan fingerprint density at radius 2 is 2.00 bits per heavy atom. The summed E-state index contributed by atoms with van der Waals surface area (Å²) in [6, 6.07) is 13.0. The number of nitrogens with zero attached hydrogens (tertiary/aromatic N) is 1. The summed E-state index contributed by atoms with van der Waals surface area (Å²) in [6.07, 6.45) is 0. The topological polar surface area (TPSA) is 63.8 Å². The van der Waals surface area contributed by atoms with Crippen molar-refractivity contribution in [1.29, 1.82) is 0 Å². The molecule has 0 fully saturated rings. The summed E-state index contributed by atoms with van der Waals surface area (Å²) >= 11 is 0. The maximum atomic E-state index is 13.6. The van der Waals surface area contributed by atoms with E-state index < -0.39 is 11.7 Å². The van der Waals surface area contributed by atoms with E-state index in [2.05, 4.69) is 10.5 Å². The Balaban J connectivity index is 1.84. The van der Waals surface area contributed by atoms with Crippen LogP contribution >= 0.6 is 0 Å². The van der Waals surface area contributed by atoms with Gasteiger partial charge in [0.15, 0.2) is 17.1 Å². The number of furan rings is 1. The van der Waals surface area contributed by atoms with Gasteiger partial charge in [-0.2, -0.15) is 5.10 Å². The number of ether oxygens (including phenoxy) is 1. The lowest BCUT2D eigenvalue weighted by molar-refractivity contribution is 0.0951. The van der Waals surface area contributed by atoms with Crippen LogP contribution in [-0.4, -0.2) is 18.7 Å². The van der Waals surface area contributed by atoms with Crippen molar-refractivity contribution >= 4 is 22.6 Å². The maximum Gasteiger partial charge on any atom is 0.274 e. The van der Waals surface area contributed by atoms with Gasteiger partial charge in [0.25, 0.3) is 5.91 Å². The highest BCUT2D eigenvalue weighted by Gasteiger charge is 2.13. The molecule has 1 N–H and O–H groups in total. The lowest BCUT2D eigenvalue weighted by Crippen LogP contribution is -2.20. The third-order valence-corrected chi connectivity index (χ3v) is 3.53. The molecule has 0 saturated heterocycles. The molecule has 0 saturated carbocycles. The molecule has 1 amide bonds. The van der Waals surface area contributed by atoms with E-state index >= 15 is 0 Å². The summed E-state index contributed by atoms with van der Waals surface area (Å²) in [5, 5.41) is 4.84. The number of fused-ring (bicyclic) bond motifs is 1. The zero-order valence-corrected chi connectivity index (χ0v) is 13.2. The zero-order chi connectivity index (χ0) is 17.1. The van der Waals surface area contributed by atoms with E-state index in [1.54, 1.807) is 32.2 Å². The molecule has 0 aliphatic rings. The number of halogens is 1. The van der Waals surface area contributed by atoms with E-state index in [9.17, 15) is 9.18 Å². The van der Waals surface area contributed by atoms with Gasteiger partial charge in [0, 0.05) is 5.39 Å². The number of nitrogens with one attached hydrogen (secondary N) is 1. The molecule has 1 heterocycles. The molecule has 5 nitrogen and oxygen atoms in total. The van der Waals surface area contributed by atoms with Crippen molar-refractivity contribution in [2.75, 3.05) is 7.11 Å². The van der Waals surface area contributed by atoms with Crippen molar-refractivity contribution in [3.63, 3.8) is 0 Å². The molecular weight excluding hydrogens is 311 g/mol. The van der Waals surface area contributed by atoms with Gasteiger partial charge in [0.2, 0.25) is 0 Å². The smallest absolute Gasteiger partial charge is 0.274 e. The van der Waals surface area contributed by atoms with Gasteiger partial charge in [-0.15, -0.1) is 0 Å². The molecule has 0 bridgehead atoms. The van der Waals surface area contributed by atoms with Crippen LogP contribution in [0.5, 0.6) is 5.75 Å². The number of para-hydroxylation sites is 1. The minimum atomic E-state index is -0.624. The second kappa shape index (κ2) is 6.54. The van der Waals surface area contributed by atoms with Gasteiger partial charge in [-0.3, -0.25) is 4.79 Å². The average Bonchev–Trinajstić information content (AvgIpc) is 3.04. The highest BCUT2D eigenvalue weighted by Crippen LogP contribution is 2.28. The zero-order valence-electron chi connectivity index (χ0n) is 13.2. The largest absolute Gasteiger partial charge is 0.493 e. The molecule has 0 aliphatic heterocycles. The summed E-state index contributed by atoms with van der Waals surface area (Å²) < 4.78 is 24.5. The number of carbonyl (C=O) groups excluding carboxylic acids is 1. The Hall–Kier alpha value is -3.15. The van der Waals surface area contributed by atoms with Crippen molar-refractivity contribution < 1.29 is 18.3 Å². The summed E-state index contributed by atoms with van der Waals surface area (Å²) in [5.74, 6) is -0.122. The fourth-order valence-corrected chi connectivity index (χ4v) is 2.27. The molecule has 0 atom stereocenters. The third kappa shape index (κ3) is 2.99. The highest BCUT2D eigenvalue weighted by atomic mass is 19.1. The molecule has 0 aliphatic carbocycles. The van der Waals surface area contributed by atoms with Gasteiger partial charge in [0.05, 0.1) is 12.7 Å². The quantitative estimate of drug-likeness (QED) is 0.587. The Morgan fingerprint density at radius 3 is 2.75 bits per heavy atom. The second-order valence-electron chi connectivity index (χ2n) is 5.11. The molecule has 3 aromatic rings. The molecule has 122 valence electrons. The number of rotatable bonds is 4. The number of hydrogen-bond acceptors (Lipinski definition) is 4. The molecule has 2 aromatic carbocycles. The standard InChI is InChI=1S/C18H15FN2O3/c1-11(20-21-18(22)13-7-3-4-8-14(13)19)16-10-12-6-5-9-15(23-2)17(12)24-16/h3-10H,1-2H3,(H,21,22)/b20-11-. The molecule has 0 unspecified atom stereocenters. The highest BCUT2D eigenvalue weighted by molar-refractivity contribution is 6.02. The number of benzene rings is 2. The van der Waals surface area contributed by atoms with E-state index in [-0.39, 0.29) is 5.56 Å². The van der Waals surface area contributed by atoms with Gasteiger partial charge >= 0.3 is 0 Å². The third-order valence-electron chi connectivity index (χ3n) is 3.53. The lowest BCUT2D eigenvalue weighted by atomic mass is 10.2. The van der Waals surface area contributed by atoms with Crippen LogP contribution in [-0.2, 0) is 0 Å². The fraction of sp³-hybridized carbons (Fsp3) is 0.111. The number of carbonyl (C=O) groups is 1. The van der Waals surface area contributed by atoms with Crippen molar-refractivity contribution in [2.24, 2.45) is 5.10 Å². The Kier molecular flexibility index (Phi) is 4.29. The number of hydrazone groups is 1. The van der Waals surface area contributed by atoms with Crippen LogP contribution in [0, 0.1) is 5.82 Å². The lowest BCUT2D eigenvalue weighted by Gasteiger charge is -2.02. The van der Waals surface area contributed by atoms with Crippen molar-refractivity contribution in [2.45, 2.75) is 6.92 Å². The molecule has 6 heteroatoms. The molecule has 3 rings (SSSR count). The predicted molar refractivity (Wildman–Crippen MR) is 88.8 cm³/mol. The first-order chi connectivity index (χ1) is 11.6. The summed E-state index contributed by atoms with van der Waals surface area (Å²) in [7, 11) is 1.56. The normalized spacial score (nSPS) is 11.5. The van der Waals surface area contributed by atoms with Crippen LogP contribution in [0.2, 0.25) is 0 Å². The Labute approximate surface area is 137 Å². The predicted octanol–water partition coefficient (Wildman–Crippen LogP) is 3.73. The van der Waals surface area contributed by atoms with Crippen LogP contribution in [0.4, 0.5) is 4.39 Å². The van der Waals surface area contributed by atoms with E-state index in [1.165, 1.54) is 18.2 Å². The molecule has 0 spiro atoms. The first-order valence-corrected chi connectivity index (χ1v) is 7.26. The molecule has 0 radical (unpaired) electrons. The van der Waals surface area contributed by atoms with Gasteiger partial charge in [-0.05, 0) is 31.2 Å². The van der Waals surface area contributed by atoms with E-state index in [1.807, 2.05) is 12.1 Å². The van der Waals surface area contributed by atoms with Gasteiger partial charge < -0.3 is 9.15 Å². The minimum Gasteiger partial charge on any atom is -0.493 e. The number of amides is 1. The summed E-state index contributed by atoms with van der Waals surface area (Å²) in [4.78, 5) is 12.0. The summed E-state index contributed by atoms with van der Waals surface area (Å²) in [5.41, 5.74) is 3.32. The first kappa shape index (κ1) is 15.7. The van der Waals surface area contributed by atoms with Crippen molar-refractivity contribution in [3.8, 4) is 5.75 Å². The number of methoxy groups -OCH3 is 1. The minimum absolute atomic E-state index is 0.0691. The molecule has 1 aromatic heterocycles. The van der Waals surface area contributed by atoms with Crippen LogP contribution in [0.3, 0.4) is 0 Å². The molecular formula is C18H15FN2O3. The van der Waals surface area contributed by atoms with E-state index in [4.69, 9.17) is 9.15 Å². The molecule has 24 heavy (non-hydrogen) atoms. The van der Waals surface area contributed by atoms with Crippen LogP contribution in [0.25, 0.3) is 11.0 Å². The average molecular weight is 326 g/mol. The Morgan fingerprint density at radius 1 is 1.21 bits per heavy atom. The Bertz CT molecular complexity index is 931. The van der Waals surface area contributed by atoms with Crippen LogP contribution in [0.1, 0.15) is 23.0 Å². The van der Waals surface area contributed by atoms with Crippen LogP contribution < -0.4 is 10.2 Å². The van der Waals surface area contributed by atoms with E-state index in [0.717, 1.165) is 5.39 Å². The van der Waals surface area contributed by atoms with Crippen molar-refractivity contribution in [3.05, 3.63) is 65.7 Å².